The number of aliphatic hydroxyl groups excluding tert-OH is 1. The number of aryl methyl sites for hydroxylation is 1. The van der Waals surface area contributed by atoms with Crippen LogP contribution in [-0.4, -0.2) is 44.3 Å². The summed E-state index contributed by atoms with van der Waals surface area (Å²) >= 11 is 6.11. The van der Waals surface area contributed by atoms with Crippen molar-refractivity contribution in [1.82, 2.24) is 4.98 Å². The first-order chi connectivity index (χ1) is 15.5. The van der Waals surface area contributed by atoms with Crippen LogP contribution in [0, 0.1) is 0 Å². The van der Waals surface area contributed by atoms with Crippen molar-refractivity contribution in [3.8, 4) is 0 Å². The third kappa shape index (κ3) is 3.46. The number of hydrogen-bond donors (Lipinski definition) is 2. The highest BCUT2D eigenvalue weighted by Gasteiger charge is 2.43. The topological polar surface area (TPSA) is 65.5 Å². The first kappa shape index (κ1) is 20.9. The molecule has 2 bridgehead atoms. The van der Waals surface area contributed by atoms with E-state index in [0.29, 0.717) is 23.8 Å². The minimum absolute atomic E-state index is 0.115. The van der Waals surface area contributed by atoms with Crippen LogP contribution in [0.5, 0.6) is 0 Å². The SMILES string of the molecule is O=[S@]1CCc2nc(N3C4CCC3CC(c3ccc(Cl)cc3)C4)cc(NC3(CO)CCC3)c21. The van der Waals surface area contributed by atoms with Gasteiger partial charge in [0, 0.05) is 35.3 Å². The van der Waals surface area contributed by atoms with Crippen molar-refractivity contribution in [3.05, 3.63) is 46.6 Å². The Hall–Kier alpha value is -1.63. The number of pyridine rings is 1. The zero-order valence-electron chi connectivity index (χ0n) is 18.2. The minimum Gasteiger partial charge on any atom is -0.394 e. The van der Waals surface area contributed by atoms with Crippen LogP contribution in [0.4, 0.5) is 11.5 Å². The first-order valence-electron chi connectivity index (χ1n) is 11.9. The molecule has 1 saturated carbocycles. The number of aliphatic hydroxyl groups is 1. The number of aromatic nitrogens is 1. The fourth-order valence-corrected chi connectivity index (χ4v) is 7.76. The molecule has 2 unspecified atom stereocenters. The molecular formula is C25H30ClN3O2S. The third-order valence-electron chi connectivity index (χ3n) is 8.13. The van der Waals surface area contributed by atoms with Gasteiger partial charge in [0.25, 0.3) is 0 Å². The lowest BCUT2D eigenvalue weighted by Gasteiger charge is -2.43. The molecule has 3 atom stereocenters. The van der Waals surface area contributed by atoms with Crippen LogP contribution in [0.25, 0.3) is 0 Å². The summed E-state index contributed by atoms with van der Waals surface area (Å²) in [5.41, 5.74) is 3.05. The molecule has 4 heterocycles. The highest BCUT2D eigenvalue weighted by atomic mass is 35.5. The van der Waals surface area contributed by atoms with Gasteiger partial charge < -0.3 is 15.3 Å². The molecule has 6 rings (SSSR count). The molecule has 170 valence electrons. The maximum atomic E-state index is 12.8. The predicted molar refractivity (Wildman–Crippen MR) is 129 cm³/mol. The zero-order chi connectivity index (χ0) is 21.9. The molecule has 1 aromatic heterocycles. The Bertz CT molecular complexity index is 1040. The van der Waals surface area contributed by atoms with Gasteiger partial charge in [-0.25, -0.2) is 4.98 Å². The summed E-state index contributed by atoms with van der Waals surface area (Å²) in [5, 5.41) is 14.4. The normalized spacial score (nSPS) is 30.1. The second-order valence-electron chi connectivity index (χ2n) is 10.0. The van der Waals surface area contributed by atoms with E-state index in [-0.39, 0.29) is 12.1 Å². The Labute approximate surface area is 197 Å². The Morgan fingerprint density at radius 1 is 1.19 bits per heavy atom. The lowest BCUT2D eigenvalue weighted by molar-refractivity contribution is 0.144. The molecule has 0 amide bonds. The van der Waals surface area contributed by atoms with Crippen molar-refractivity contribution < 1.29 is 9.32 Å². The Kier molecular flexibility index (Phi) is 5.23. The van der Waals surface area contributed by atoms with Gasteiger partial charge in [-0.15, -0.1) is 0 Å². The Morgan fingerprint density at radius 2 is 1.91 bits per heavy atom. The van der Waals surface area contributed by atoms with Crippen LogP contribution >= 0.6 is 11.6 Å². The average molecular weight is 472 g/mol. The average Bonchev–Trinajstić information content (AvgIpc) is 3.27. The van der Waals surface area contributed by atoms with Crippen LogP contribution in [0.3, 0.4) is 0 Å². The molecule has 1 aromatic carbocycles. The van der Waals surface area contributed by atoms with Gasteiger partial charge in [-0.3, -0.25) is 4.21 Å². The van der Waals surface area contributed by atoms with E-state index in [0.717, 1.165) is 65.6 Å². The number of fused-ring (bicyclic) bond motifs is 3. The minimum atomic E-state index is -1.01. The molecule has 0 radical (unpaired) electrons. The van der Waals surface area contributed by atoms with Crippen molar-refractivity contribution in [1.29, 1.82) is 0 Å². The molecule has 3 fully saturated rings. The molecule has 3 aliphatic heterocycles. The molecule has 2 N–H and O–H groups in total. The Balaban J connectivity index is 1.31. The summed E-state index contributed by atoms with van der Waals surface area (Å²) < 4.78 is 12.8. The Morgan fingerprint density at radius 3 is 2.53 bits per heavy atom. The molecular weight excluding hydrogens is 442 g/mol. The number of nitrogens with zero attached hydrogens (tertiary/aromatic N) is 2. The van der Waals surface area contributed by atoms with E-state index in [2.05, 4.69) is 28.4 Å². The van der Waals surface area contributed by atoms with E-state index >= 15 is 0 Å². The lowest BCUT2D eigenvalue weighted by Crippen LogP contribution is -2.48. The van der Waals surface area contributed by atoms with Gasteiger partial charge in [0.2, 0.25) is 0 Å². The van der Waals surface area contributed by atoms with Gasteiger partial charge in [0.15, 0.2) is 0 Å². The largest absolute Gasteiger partial charge is 0.394 e. The van der Waals surface area contributed by atoms with Gasteiger partial charge in [-0.05, 0) is 68.6 Å². The van der Waals surface area contributed by atoms with Crippen molar-refractivity contribution in [2.75, 3.05) is 22.6 Å². The van der Waals surface area contributed by atoms with E-state index in [1.807, 2.05) is 12.1 Å². The van der Waals surface area contributed by atoms with Crippen LogP contribution in [0.2, 0.25) is 5.02 Å². The summed E-state index contributed by atoms with van der Waals surface area (Å²) in [4.78, 5) is 8.47. The third-order valence-corrected chi connectivity index (χ3v) is 9.87. The van der Waals surface area contributed by atoms with Gasteiger partial charge in [-0.1, -0.05) is 23.7 Å². The van der Waals surface area contributed by atoms with Crippen LogP contribution < -0.4 is 10.2 Å². The van der Waals surface area contributed by atoms with Crippen LogP contribution in [0.1, 0.15) is 62.1 Å². The van der Waals surface area contributed by atoms with Gasteiger partial charge in [-0.2, -0.15) is 0 Å². The zero-order valence-corrected chi connectivity index (χ0v) is 19.8. The van der Waals surface area contributed by atoms with Crippen LogP contribution in [0.15, 0.2) is 35.2 Å². The van der Waals surface area contributed by atoms with E-state index < -0.39 is 10.8 Å². The van der Waals surface area contributed by atoms with Crippen molar-refractivity contribution >= 4 is 33.9 Å². The monoisotopic (exact) mass is 471 g/mol. The number of nitrogens with one attached hydrogen (secondary N) is 1. The number of piperidine rings is 1. The first-order valence-corrected chi connectivity index (χ1v) is 13.6. The number of rotatable bonds is 5. The van der Waals surface area contributed by atoms with Gasteiger partial charge in [0.05, 0.1) is 39.2 Å². The summed E-state index contributed by atoms with van der Waals surface area (Å²) in [5.74, 6) is 2.24. The van der Waals surface area contributed by atoms with E-state index in [1.165, 1.54) is 18.4 Å². The van der Waals surface area contributed by atoms with Crippen molar-refractivity contribution in [2.24, 2.45) is 0 Å². The van der Waals surface area contributed by atoms with E-state index in [4.69, 9.17) is 16.6 Å². The van der Waals surface area contributed by atoms with Gasteiger partial charge >= 0.3 is 0 Å². The standard InChI is InChI=1S/C25H30ClN3O2S/c26-18-4-2-16(3-5-18)17-12-19-6-7-20(13-17)29(19)23-14-22(28-25(15-30)9-1-10-25)24-21(27-23)8-11-32(24)31/h2-5,14,17,19-20,30H,1,6-13,15H2,(H,27,28)/t17?,19?,20?,32-/m0/s1. The maximum absolute atomic E-state index is 12.8. The number of anilines is 2. The number of benzene rings is 1. The lowest BCUT2D eigenvalue weighted by atomic mass is 9.77. The molecule has 0 spiro atoms. The van der Waals surface area contributed by atoms with Gasteiger partial charge in [0.1, 0.15) is 5.82 Å². The highest BCUT2D eigenvalue weighted by Crippen LogP contribution is 2.47. The molecule has 32 heavy (non-hydrogen) atoms. The summed E-state index contributed by atoms with van der Waals surface area (Å²) in [6.07, 6.45) is 8.47. The van der Waals surface area contributed by atoms with E-state index in [9.17, 15) is 9.32 Å². The van der Waals surface area contributed by atoms with Crippen molar-refractivity contribution in [2.45, 2.75) is 79.8 Å². The molecule has 2 aromatic rings. The second-order valence-corrected chi connectivity index (χ2v) is 12.0. The summed E-state index contributed by atoms with van der Waals surface area (Å²) in [6, 6.07) is 11.5. The fourth-order valence-electron chi connectivity index (χ4n) is 6.28. The number of halogens is 1. The molecule has 4 aliphatic rings. The molecule has 7 heteroatoms. The van der Waals surface area contributed by atoms with Crippen molar-refractivity contribution in [3.63, 3.8) is 0 Å². The molecule has 5 nitrogen and oxygen atoms in total. The summed E-state index contributed by atoms with van der Waals surface area (Å²) in [7, 11) is -1.01. The molecule has 2 saturated heterocycles. The predicted octanol–water partition coefficient (Wildman–Crippen LogP) is 4.64. The highest BCUT2D eigenvalue weighted by molar-refractivity contribution is 7.85. The number of hydrogen-bond acceptors (Lipinski definition) is 5. The fraction of sp³-hybridized carbons (Fsp3) is 0.560. The molecule has 1 aliphatic carbocycles. The smallest absolute Gasteiger partial charge is 0.131 e. The maximum Gasteiger partial charge on any atom is 0.131 e. The quantitative estimate of drug-likeness (QED) is 0.665. The van der Waals surface area contributed by atoms with Crippen LogP contribution in [-0.2, 0) is 17.2 Å². The van der Waals surface area contributed by atoms with E-state index in [1.54, 1.807) is 0 Å². The second kappa shape index (κ2) is 8.00. The summed E-state index contributed by atoms with van der Waals surface area (Å²) in [6.45, 7) is 0.115.